The quantitative estimate of drug-likeness (QED) is 0.864. The Hall–Kier alpha value is -0.850. The molecule has 1 aliphatic heterocycles. The summed E-state index contributed by atoms with van der Waals surface area (Å²) in [5.41, 5.74) is 0.928. The fourth-order valence-electron chi connectivity index (χ4n) is 2.19. The zero-order valence-corrected chi connectivity index (χ0v) is 12.4. The number of anilines is 1. The first-order chi connectivity index (χ1) is 9.01. The van der Waals surface area contributed by atoms with Crippen LogP contribution in [-0.2, 0) is 10.0 Å². The molecular weight excluding hydrogens is 286 g/mol. The third-order valence-electron chi connectivity index (χ3n) is 3.31. The van der Waals surface area contributed by atoms with Gasteiger partial charge >= 0.3 is 0 Å². The maximum Gasteiger partial charge on any atom is 0.213 e. The van der Waals surface area contributed by atoms with Gasteiger partial charge in [0.2, 0.25) is 10.0 Å². The minimum atomic E-state index is -3.05. The largest absolute Gasteiger partial charge is 0.382 e. The van der Waals surface area contributed by atoms with E-state index in [2.05, 4.69) is 10.3 Å². The Morgan fingerprint density at radius 2 is 2.16 bits per heavy atom. The van der Waals surface area contributed by atoms with Gasteiger partial charge in [-0.2, -0.15) is 0 Å². The van der Waals surface area contributed by atoms with E-state index in [1.165, 1.54) is 0 Å². The maximum absolute atomic E-state index is 11.7. The first kappa shape index (κ1) is 14.6. The molecule has 1 fully saturated rings. The van der Waals surface area contributed by atoms with Crippen molar-refractivity contribution in [3.8, 4) is 0 Å². The van der Waals surface area contributed by atoms with Crippen molar-refractivity contribution in [3.05, 3.63) is 23.5 Å². The average molecular weight is 304 g/mol. The molecule has 1 aromatic rings. The lowest BCUT2D eigenvalue weighted by molar-refractivity contribution is 0.330. The van der Waals surface area contributed by atoms with Gasteiger partial charge in [0.15, 0.2) is 0 Å². The second-order valence-corrected chi connectivity index (χ2v) is 7.23. The lowest BCUT2D eigenvalue weighted by Gasteiger charge is -2.31. The molecule has 0 atom stereocenters. The van der Waals surface area contributed by atoms with Crippen LogP contribution < -0.4 is 5.32 Å². The SMILES string of the molecule is CCS(=O)(=O)N1CCC(Nc2ccnc(Cl)c2)CC1. The van der Waals surface area contributed by atoms with Crippen LogP contribution in [0.3, 0.4) is 0 Å². The number of sulfonamides is 1. The standard InChI is InChI=1S/C12H18ClN3O2S/c1-2-19(17,18)16-7-4-10(5-8-16)15-11-3-6-14-12(13)9-11/h3,6,9-10H,2,4-5,7-8H2,1H3,(H,14,15). The number of halogens is 1. The summed E-state index contributed by atoms with van der Waals surface area (Å²) in [6.07, 6.45) is 3.26. The molecule has 0 bridgehead atoms. The molecule has 0 spiro atoms. The van der Waals surface area contributed by atoms with E-state index in [1.807, 2.05) is 6.07 Å². The van der Waals surface area contributed by atoms with Crippen molar-refractivity contribution >= 4 is 27.3 Å². The number of nitrogens with one attached hydrogen (secondary N) is 1. The first-order valence-electron chi connectivity index (χ1n) is 6.37. The lowest BCUT2D eigenvalue weighted by atomic mass is 10.1. The fraction of sp³-hybridized carbons (Fsp3) is 0.583. The number of nitrogens with zero attached hydrogens (tertiary/aromatic N) is 2. The number of rotatable bonds is 4. The average Bonchev–Trinajstić information content (AvgIpc) is 2.39. The van der Waals surface area contributed by atoms with Gasteiger partial charge in [0.25, 0.3) is 0 Å². The Kier molecular flexibility index (Phi) is 4.65. The molecule has 5 nitrogen and oxygen atoms in total. The number of hydrogen-bond acceptors (Lipinski definition) is 4. The Balaban J connectivity index is 1.91. The molecule has 0 amide bonds. The minimum Gasteiger partial charge on any atom is -0.382 e. The molecule has 0 saturated carbocycles. The van der Waals surface area contributed by atoms with Gasteiger partial charge in [0.05, 0.1) is 5.75 Å². The summed E-state index contributed by atoms with van der Waals surface area (Å²) in [5.74, 6) is 0.172. The van der Waals surface area contributed by atoms with Crippen molar-refractivity contribution in [3.63, 3.8) is 0 Å². The Labute approximate surface area is 119 Å². The molecule has 2 rings (SSSR count). The minimum absolute atomic E-state index is 0.172. The molecule has 1 aromatic heterocycles. The van der Waals surface area contributed by atoms with Gasteiger partial charge < -0.3 is 5.32 Å². The van der Waals surface area contributed by atoms with Crippen molar-refractivity contribution in [2.45, 2.75) is 25.8 Å². The smallest absolute Gasteiger partial charge is 0.213 e. The van der Waals surface area contributed by atoms with Gasteiger partial charge in [0.1, 0.15) is 5.15 Å². The number of aromatic nitrogens is 1. The lowest BCUT2D eigenvalue weighted by Crippen LogP contribution is -2.42. The van der Waals surface area contributed by atoms with Crippen molar-refractivity contribution in [1.29, 1.82) is 0 Å². The van der Waals surface area contributed by atoms with Gasteiger partial charge in [-0.3, -0.25) is 0 Å². The monoisotopic (exact) mass is 303 g/mol. The van der Waals surface area contributed by atoms with Crippen LogP contribution in [0.4, 0.5) is 5.69 Å². The van der Waals surface area contributed by atoms with Crippen LogP contribution in [0.25, 0.3) is 0 Å². The summed E-state index contributed by atoms with van der Waals surface area (Å²) in [6.45, 7) is 2.83. The van der Waals surface area contributed by atoms with Gasteiger partial charge in [0, 0.05) is 31.0 Å². The molecule has 0 aromatic carbocycles. The maximum atomic E-state index is 11.7. The fourth-order valence-corrected chi connectivity index (χ4v) is 3.50. The molecule has 1 aliphatic rings. The third-order valence-corrected chi connectivity index (χ3v) is 5.40. The van der Waals surface area contributed by atoms with Crippen molar-refractivity contribution in [2.75, 3.05) is 24.2 Å². The second kappa shape index (κ2) is 6.07. The molecule has 0 aliphatic carbocycles. The molecule has 1 saturated heterocycles. The van der Waals surface area contributed by atoms with Crippen molar-refractivity contribution < 1.29 is 8.42 Å². The normalized spacial score (nSPS) is 18.4. The van der Waals surface area contributed by atoms with Crippen LogP contribution in [0.5, 0.6) is 0 Å². The highest BCUT2D eigenvalue weighted by Gasteiger charge is 2.26. The van der Waals surface area contributed by atoms with Gasteiger partial charge in [-0.1, -0.05) is 11.6 Å². The highest BCUT2D eigenvalue weighted by atomic mass is 35.5. The Morgan fingerprint density at radius 3 is 2.74 bits per heavy atom. The highest BCUT2D eigenvalue weighted by Crippen LogP contribution is 2.19. The number of pyridine rings is 1. The summed E-state index contributed by atoms with van der Waals surface area (Å²) in [5, 5.41) is 3.82. The highest BCUT2D eigenvalue weighted by molar-refractivity contribution is 7.89. The van der Waals surface area contributed by atoms with Crippen molar-refractivity contribution in [2.24, 2.45) is 0 Å². The Bertz CT molecular complexity index is 528. The predicted octanol–water partition coefficient (Wildman–Crippen LogP) is 1.96. The zero-order valence-electron chi connectivity index (χ0n) is 10.8. The van der Waals surface area contributed by atoms with E-state index in [4.69, 9.17) is 11.6 Å². The molecule has 19 heavy (non-hydrogen) atoms. The summed E-state index contributed by atoms with van der Waals surface area (Å²) < 4.78 is 25.1. The van der Waals surface area contributed by atoms with E-state index in [0.717, 1.165) is 18.5 Å². The second-order valence-electron chi connectivity index (χ2n) is 4.59. The van der Waals surface area contributed by atoms with Crippen LogP contribution in [0.1, 0.15) is 19.8 Å². The first-order valence-corrected chi connectivity index (χ1v) is 8.36. The van der Waals surface area contributed by atoms with E-state index in [0.29, 0.717) is 18.2 Å². The summed E-state index contributed by atoms with van der Waals surface area (Å²) in [4.78, 5) is 3.93. The third kappa shape index (κ3) is 3.81. The number of hydrogen-bond donors (Lipinski definition) is 1. The van der Waals surface area contributed by atoms with E-state index in [1.54, 1.807) is 23.5 Å². The summed E-state index contributed by atoms with van der Waals surface area (Å²) in [7, 11) is -3.05. The molecule has 7 heteroatoms. The zero-order chi connectivity index (χ0) is 13.9. The van der Waals surface area contributed by atoms with Crippen LogP contribution >= 0.6 is 11.6 Å². The van der Waals surface area contributed by atoms with E-state index in [9.17, 15) is 8.42 Å². The predicted molar refractivity (Wildman–Crippen MR) is 76.9 cm³/mol. The Morgan fingerprint density at radius 1 is 1.47 bits per heavy atom. The van der Waals surface area contributed by atoms with E-state index >= 15 is 0 Å². The molecule has 106 valence electrons. The van der Waals surface area contributed by atoms with E-state index < -0.39 is 10.0 Å². The van der Waals surface area contributed by atoms with Gasteiger partial charge in [-0.05, 0) is 31.9 Å². The molecule has 2 heterocycles. The summed E-state index contributed by atoms with van der Waals surface area (Å²) >= 11 is 5.83. The van der Waals surface area contributed by atoms with Gasteiger partial charge in [-0.15, -0.1) is 0 Å². The van der Waals surface area contributed by atoms with Crippen LogP contribution in [0.2, 0.25) is 5.15 Å². The topological polar surface area (TPSA) is 62.3 Å². The molecular formula is C12H18ClN3O2S. The van der Waals surface area contributed by atoms with Crippen LogP contribution in [0, 0.1) is 0 Å². The molecule has 1 N–H and O–H groups in total. The summed E-state index contributed by atoms with van der Waals surface area (Å²) in [6, 6.07) is 3.92. The van der Waals surface area contributed by atoms with Gasteiger partial charge in [-0.25, -0.2) is 17.7 Å². The number of piperidine rings is 1. The van der Waals surface area contributed by atoms with Crippen LogP contribution in [-0.4, -0.2) is 42.6 Å². The van der Waals surface area contributed by atoms with Crippen molar-refractivity contribution in [1.82, 2.24) is 9.29 Å². The molecule has 0 radical (unpaired) electrons. The molecule has 0 unspecified atom stereocenters. The van der Waals surface area contributed by atoms with E-state index in [-0.39, 0.29) is 11.8 Å². The van der Waals surface area contributed by atoms with Crippen LogP contribution in [0.15, 0.2) is 18.3 Å².